The van der Waals surface area contributed by atoms with Gasteiger partial charge in [0.05, 0.1) is 10.6 Å². The zero-order valence-corrected chi connectivity index (χ0v) is 19.5. The fourth-order valence-corrected chi connectivity index (χ4v) is 3.26. The zero-order valence-electron chi connectivity index (χ0n) is 18.8. The van der Waals surface area contributed by atoms with E-state index in [0.29, 0.717) is 12.1 Å². The Morgan fingerprint density at radius 3 is 2.60 bits per heavy atom. The number of nitro groups is 1. The predicted octanol–water partition coefficient (Wildman–Crippen LogP) is 5.71. The first kappa shape index (κ1) is 26.0. The van der Waals surface area contributed by atoms with Gasteiger partial charge in [-0.1, -0.05) is 23.7 Å². The Morgan fingerprint density at radius 1 is 1.14 bits per heavy atom. The number of halogens is 4. The van der Waals surface area contributed by atoms with Gasteiger partial charge in [-0.2, -0.15) is 4.98 Å². The van der Waals surface area contributed by atoms with Crippen molar-refractivity contribution in [2.75, 3.05) is 37.8 Å². The van der Waals surface area contributed by atoms with Crippen molar-refractivity contribution in [3.05, 3.63) is 63.7 Å². The normalized spacial score (nSPS) is 11.4. The van der Waals surface area contributed by atoms with Crippen LogP contribution in [-0.4, -0.2) is 53.3 Å². The number of anilines is 3. The fourth-order valence-electron chi connectivity index (χ4n) is 3.09. The number of nitro benzene ring substituents is 1. The van der Waals surface area contributed by atoms with Crippen LogP contribution in [0, 0.1) is 10.1 Å². The van der Waals surface area contributed by atoms with E-state index in [1.54, 1.807) is 6.07 Å². The molecule has 0 aliphatic rings. The first-order chi connectivity index (χ1) is 16.5. The summed E-state index contributed by atoms with van der Waals surface area (Å²) < 4.78 is 42.0. The molecule has 0 bridgehead atoms. The highest BCUT2D eigenvalue weighted by Crippen LogP contribution is 2.32. The third-order valence-corrected chi connectivity index (χ3v) is 4.81. The SMILES string of the molecule is CN(C)CCCNc1nc(Nc2cc(Cl)ccc2[N+](=O)[O-])cc(-c2cccc(OC(F)(F)F)c2)n1. The summed E-state index contributed by atoms with van der Waals surface area (Å²) in [6, 6.07) is 10.8. The number of ether oxygens (including phenoxy) is 1. The van der Waals surface area contributed by atoms with Gasteiger partial charge in [-0.25, -0.2) is 4.98 Å². The van der Waals surface area contributed by atoms with Crippen molar-refractivity contribution in [1.82, 2.24) is 14.9 Å². The molecule has 186 valence electrons. The van der Waals surface area contributed by atoms with Crippen molar-refractivity contribution in [3.8, 4) is 17.0 Å². The van der Waals surface area contributed by atoms with Gasteiger partial charge in [0, 0.05) is 29.3 Å². The summed E-state index contributed by atoms with van der Waals surface area (Å²) in [7, 11) is 3.88. The van der Waals surface area contributed by atoms with Crippen molar-refractivity contribution in [3.63, 3.8) is 0 Å². The van der Waals surface area contributed by atoms with Crippen molar-refractivity contribution >= 4 is 34.7 Å². The average molecular weight is 511 g/mol. The van der Waals surface area contributed by atoms with E-state index in [2.05, 4.69) is 25.3 Å². The lowest BCUT2D eigenvalue weighted by Gasteiger charge is -2.14. The summed E-state index contributed by atoms with van der Waals surface area (Å²) >= 11 is 6.01. The maximum Gasteiger partial charge on any atom is 0.573 e. The van der Waals surface area contributed by atoms with E-state index in [1.807, 2.05) is 19.0 Å². The summed E-state index contributed by atoms with van der Waals surface area (Å²) in [5.41, 5.74) is 0.472. The molecule has 0 saturated carbocycles. The second-order valence-electron chi connectivity index (χ2n) is 7.66. The minimum atomic E-state index is -4.85. The van der Waals surface area contributed by atoms with E-state index in [9.17, 15) is 23.3 Å². The van der Waals surface area contributed by atoms with Crippen LogP contribution in [0.4, 0.5) is 36.3 Å². The largest absolute Gasteiger partial charge is 0.573 e. The smallest absolute Gasteiger partial charge is 0.406 e. The lowest BCUT2D eigenvalue weighted by molar-refractivity contribution is -0.383. The maximum atomic E-state index is 12.7. The quantitative estimate of drug-likeness (QED) is 0.203. The van der Waals surface area contributed by atoms with Crippen molar-refractivity contribution in [2.45, 2.75) is 12.8 Å². The number of hydrogen-bond acceptors (Lipinski definition) is 8. The molecule has 35 heavy (non-hydrogen) atoms. The lowest BCUT2D eigenvalue weighted by Crippen LogP contribution is -2.17. The number of nitrogens with one attached hydrogen (secondary N) is 2. The highest BCUT2D eigenvalue weighted by molar-refractivity contribution is 6.31. The molecule has 2 aromatic carbocycles. The zero-order chi connectivity index (χ0) is 25.6. The van der Waals surface area contributed by atoms with Crippen LogP contribution in [0.15, 0.2) is 48.5 Å². The summed E-state index contributed by atoms with van der Waals surface area (Å²) in [5.74, 6) is -0.0395. The molecule has 13 heteroatoms. The minimum Gasteiger partial charge on any atom is -0.406 e. The molecule has 0 atom stereocenters. The topological polar surface area (TPSA) is 105 Å². The number of nitrogens with zero attached hydrogens (tertiary/aromatic N) is 4. The molecule has 0 aliphatic heterocycles. The summed E-state index contributed by atoms with van der Waals surface area (Å²) in [5, 5.41) is 17.6. The number of aromatic nitrogens is 2. The van der Waals surface area contributed by atoms with Gasteiger partial charge < -0.3 is 20.3 Å². The van der Waals surface area contributed by atoms with Crippen LogP contribution in [0.25, 0.3) is 11.3 Å². The standard InChI is InChI=1S/C22H22ClF3N6O3/c1-31(2)10-4-9-27-21-29-17(14-5-3-6-16(11-14)35-22(24,25)26)13-20(30-21)28-18-12-15(23)7-8-19(18)32(33)34/h3,5-8,11-13H,4,9-10H2,1-2H3,(H2,27,28,29,30). The van der Waals surface area contributed by atoms with Gasteiger partial charge in [-0.15, -0.1) is 13.2 Å². The van der Waals surface area contributed by atoms with Gasteiger partial charge in [0.1, 0.15) is 17.3 Å². The molecular weight excluding hydrogens is 489 g/mol. The molecule has 2 N–H and O–H groups in total. The van der Waals surface area contributed by atoms with Gasteiger partial charge in [0.2, 0.25) is 5.95 Å². The number of benzene rings is 2. The summed E-state index contributed by atoms with van der Waals surface area (Å²) in [6.45, 7) is 1.33. The molecule has 3 aromatic rings. The van der Waals surface area contributed by atoms with E-state index in [4.69, 9.17) is 11.6 Å². The van der Waals surface area contributed by atoms with Crippen LogP contribution in [0.5, 0.6) is 5.75 Å². The molecule has 0 aliphatic carbocycles. The lowest BCUT2D eigenvalue weighted by atomic mass is 10.1. The second-order valence-corrected chi connectivity index (χ2v) is 8.10. The van der Waals surface area contributed by atoms with E-state index < -0.39 is 17.0 Å². The molecule has 0 amide bonds. The highest BCUT2D eigenvalue weighted by atomic mass is 35.5. The number of alkyl halides is 3. The van der Waals surface area contributed by atoms with Crippen LogP contribution in [0.2, 0.25) is 5.02 Å². The number of rotatable bonds is 10. The molecule has 3 rings (SSSR count). The Bertz CT molecular complexity index is 1190. The number of hydrogen-bond donors (Lipinski definition) is 2. The van der Waals surface area contributed by atoms with E-state index in [-0.39, 0.29) is 33.9 Å². The molecular formula is C22H22ClF3N6O3. The third-order valence-electron chi connectivity index (χ3n) is 4.57. The Morgan fingerprint density at radius 2 is 1.91 bits per heavy atom. The van der Waals surface area contributed by atoms with Crippen LogP contribution in [0.1, 0.15) is 6.42 Å². The van der Waals surface area contributed by atoms with Crippen LogP contribution < -0.4 is 15.4 Å². The first-order valence-electron chi connectivity index (χ1n) is 10.3. The van der Waals surface area contributed by atoms with Crippen LogP contribution in [0.3, 0.4) is 0 Å². The van der Waals surface area contributed by atoms with Gasteiger partial charge in [-0.05, 0) is 51.3 Å². The summed E-state index contributed by atoms with van der Waals surface area (Å²) in [6.07, 6.45) is -4.07. The van der Waals surface area contributed by atoms with E-state index >= 15 is 0 Å². The predicted molar refractivity (Wildman–Crippen MR) is 127 cm³/mol. The maximum absolute atomic E-state index is 12.7. The van der Waals surface area contributed by atoms with Gasteiger partial charge in [0.25, 0.3) is 5.69 Å². The van der Waals surface area contributed by atoms with Crippen molar-refractivity contribution < 1.29 is 22.8 Å². The van der Waals surface area contributed by atoms with E-state index in [0.717, 1.165) is 13.0 Å². The molecule has 0 unspecified atom stereocenters. The molecule has 0 saturated heterocycles. The molecule has 0 radical (unpaired) electrons. The molecule has 1 aromatic heterocycles. The Balaban J connectivity index is 1.98. The van der Waals surface area contributed by atoms with Crippen molar-refractivity contribution in [1.29, 1.82) is 0 Å². The highest BCUT2D eigenvalue weighted by Gasteiger charge is 2.31. The average Bonchev–Trinajstić information content (AvgIpc) is 2.75. The molecule has 0 fully saturated rings. The monoisotopic (exact) mass is 510 g/mol. The van der Waals surface area contributed by atoms with Crippen molar-refractivity contribution in [2.24, 2.45) is 0 Å². The van der Waals surface area contributed by atoms with Gasteiger partial charge in [-0.3, -0.25) is 10.1 Å². The Hall–Kier alpha value is -3.64. The first-order valence-corrected chi connectivity index (χ1v) is 10.7. The third kappa shape index (κ3) is 7.97. The molecule has 1 heterocycles. The minimum absolute atomic E-state index is 0.0971. The van der Waals surface area contributed by atoms with E-state index in [1.165, 1.54) is 42.5 Å². The Labute approximate surface area is 204 Å². The van der Waals surface area contributed by atoms with Crippen LogP contribution in [-0.2, 0) is 0 Å². The Kier molecular flexibility index (Phi) is 8.30. The molecule has 9 nitrogen and oxygen atoms in total. The van der Waals surface area contributed by atoms with Gasteiger partial charge >= 0.3 is 6.36 Å². The molecule has 0 spiro atoms. The van der Waals surface area contributed by atoms with Gasteiger partial charge in [0.15, 0.2) is 0 Å². The summed E-state index contributed by atoms with van der Waals surface area (Å²) in [4.78, 5) is 21.6. The second kappa shape index (κ2) is 11.2. The fraction of sp³-hybridized carbons (Fsp3) is 0.273. The van der Waals surface area contributed by atoms with Crippen LogP contribution >= 0.6 is 11.6 Å².